The summed E-state index contributed by atoms with van der Waals surface area (Å²) in [5, 5.41) is 10.7. The van der Waals surface area contributed by atoms with Crippen molar-refractivity contribution in [1.29, 1.82) is 0 Å². The number of nitrogens with one attached hydrogen (secondary N) is 2. The summed E-state index contributed by atoms with van der Waals surface area (Å²) in [6.45, 7) is 2.15. The number of benzene rings is 1. The smallest absolute Gasteiger partial charge is 0.227 e. The summed E-state index contributed by atoms with van der Waals surface area (Å²) in [6.07, 6.45) is 3.38. The maximum Gasteiger partial charge on any atom is 0.227 e. The summed E-state index contributed by atoms with van der Waals surface area (Å²) in [5.74, 6) is 0.950. The molecule has 2 N–H and O–H groups in total. The molecule has 1 saturated heterocycles. The highest BCUT2D eigenvalue weighted by Gasteiger charge is 2.21. The molecule has 0 atom stereocenters. The van der Waals surface area contributed by atoms with Crippen molar-refractivity contribution in [3.8, 4) is 0 Å². The van der Waals surface area contributed by atoms with Crippen molar-refractivity contribution in [1.82, 2.24) is 20.4 Å². The van der Waals surface area contributed by atoms with Crippen LogP contribution >= 0.6 is 24.0 Å². The van der Waals surface area contributed by atoms with Crippen LogP contribution in [0.2, 0.25) is 0 Å². The lowest BCUT2D eigenvalue weighted by Gasteiger charge is -2.16. The predicted molar refractivity (Wildman–Crippen MR) is 114 cm³/mol. The zero-order chi connectivity index (χ0) is 17.6. The Labute approximate surface area is 170 Å². The van der Waals surface area contributed by atoms with Gasteiger partial charge in [0.1, 0.15) is 0 Å². The molecule has 1 amide bonds. The van der Waals surface area contributed by atoms with Crippen molar-refractivity contribution in [3.05, 3.63) is 47.8 Å². The van der Waals surface area contributed by atoms with Crippen LogP contribution in [0.25, 0.3) is 0 Å². The van der Waals surface area contributed by atoms with Crippen LogP contribution < -0.4 is 15.5 Å². The minimum atomic E-state index is 0. The minimum Gasteiger partial charge on any atom is -0.352 e. The number of hydrogen-bond donors (Lipinski definition) is 2. The van der Waals surface area contributed by atoms with Gasteiger partial charge in [0.15, 0.2) is 5.96 Å². The zero-order valence-electron chi connectivity index (χ0n) is 15.1. The Hall–Kier alpha value is -2.10. The van der Waals surface area contributed by atoms with Gasteiger partial charge in [-0.05, 0) is 30.2 Å². The number of amides is 1. The van der Waals surface area contributed by atoms with Gasteiger partial charge in [-0.15, -0.1) is 24.0 Å². The second-order valence-electron chi connectivity index (χ2n) is 6.04. The van der Waals surface area contributed by atoms with E-state index < -0.39 is 0 Å². The number of aliphatic imine (C=N–C) groups is 1. The Balaban J connectivity index is 0.00000243. The highest BCUT2D eigenvalue weighted by molar-refractivity contribution is 14.0. The lowest BCUT2D eigenvalue weighted by Crippen LogP contribution is -2.36. The fourth-order valence-electron chi connectivity index (χ4n) is 2.87. The molecular weight excluding hydrogens is 443 g/mol. The molecule has 2 heterocycles. The average Bonchev–Trinajstić information content (AvgIpc) is 3.24. The van der Waals surface area contributed by atoms with Gasteiger partial charge in [0, 0.05) is 45.5 Å². The largest absolute Gasteiger partial charge is 0.352 e. The second-order valence-corrected chi connectivity index (χ2v) is 6.04. The van der Waals surface area contributed by atoms with E-state index in [1.165, 1.54) is 0 Å². The number of carbonyl (C=O) groups is 1. The van der Waals surface area contributed by atoms with Gasteiger partial charge in [-0.2, -0.15) is 5.10 Å². The first-order valence-corrected chi connectivity index (χ1v) is 8.48. The third-order valence-electron chi connectivity index (χ3n) is 4.36. The van der Waals surface area contributed by atoms with Gasteiger partial charge in [-0.25, -0.2) is 0 Å². The number of carbonyl (C=O) groups excluding carboxylic acids is 1. The fraction of sp³-hybridized carbons (Fsp3) is 0.389. The number of aromatic nitrogens is 2. The summed E-state index contributed by atoms with van der Waals surface area (Å²) < 4.78 is 1.83. The summed E-state index contributed by atoms with van der Waals surface area (Å²) in [6, 6.07) is 10.1. The lowest BCUT2D eigenvalue weighted by atomic mass is 10.2. The topological polar surface area (TPSA) is 74.6 Å². The van der Waals surface area contributed by atoms with Gasteiger partial charge < -0.3 is 15.5 Å². The quantitative estimate of drug-likeness (QED) is 0.400. The number of halogens is 1. The molecular formula is C18H25IN6O. The maximum absolute atomic E-state index is 11.8. The van der Waals surface area contributed by atoms with E-state index in [4.69, 9.17) is 0 Å². The van der Waals surface area contributed by atoms with E-state index in [9.17, 15) is 4.79 Å². The summed E-state index contributed by atoms with van der Waals surface area (Å²) >= 11 is 0. The van der Waals surface area contributed by atoms with Crippen LogP contribution in [0.5, 0.6) is 0 Å². The van der Waals surface area contributed by atoms with E-state index in [0.29, 0.717) is 19.5 Å². The Morgan fingerprint density at radius 1 is 1.19 bits per heavy atom. The standard InChI is InChI=1S/C18H24N6O.HI/c1-19-18(21-13-16-9-10-22-23(16)2)20-12-14-5-7-15(8-6-14)24-11-3-4-17(24)25;/h5-10H,3-4,11-13H2,1-2H3,(H2,19,20,21);1H. The maximum atomic E-state index is 11.8. The third kappa shape index (κ3) is 4.96. The highest BCUT2D eigenvalue weighted by atomic mass is 127. The zero-order valence-corrected chi connectivity index (χ0v) is 17.4. The van der Waals surface area contributed by atoms with E-state index in [2.05, 4.69) is 20.7 Å². The Kier molecular flexibility index (Phi) is 7.43. The first-order chi connectivity index (χ1) is 12.2. The highest BCUT2D eigenvalue weighted by Crippen LogP contribution is 2.21. The number of hydrogen-bond acceptors (Lipinski definition) is 3. The van der Waals surface area contributed by atoms with Crippen molar-refractivity contribution in [3.63, 3.8) is 0 Å². The van der Waals surface area contributed by atoms with E-state index in [-0.39, 0.29) is 29.9 Å². The molecule has 0 unspecified atom stereocenters. The van der Waals surface area contributed by atoms with Gasteiger partial charge in [0.25, 0.3) is 0 Å². The molecule has 0 bridgehead atoms. The molecule has 3 rings (SSSR count). The third-order valence-corrected chi connectivity index (χ3v) is 4.36. The van der Waals surface area contributed by atoms with Gasteiger partial charge in [0.2, 0.25) is 5.91 Å². The molecule has 2 aromatic rings. The van der Waals surface area contributed by atoms with E-state index in [1.54, 1.807) is 13.2 Å². The van der Waals surface area contributed by atoms with Crippen molar-refractivity contribution in [2.45, 2.75) is 25.9 Å². The number of nitrogens with zero attached hydrogens (tertiary/aromatic N) is 4. The molecule has 0 saturated carbocycles. The average molecular weight is 468 g/mol. The molecule has 8 heteroatoms. The molecule has 1 fully saturated rings. The van der Waals surface area contributed by atoms with E-state index in [1.807, 2.05) is 47.0 Å². The lowest BCUT2D eigenvalue weighted by molar-refractivity contribution is -0.117. The van der Waals surface area contributed by atoms with Crippen molar-refractivity contribution in [2.75, 3.05) is 18.5 Å². The van der Waals surface area contributed by atoms with Gasteiger partial charge >= 0.3 is 0 Å². The van der Waals surface area contributed by atoms with Crippen LogP contribution in [0.1, 0.15) is 24.1 Å². The van der Waals surface area contributed by atoms with Crippen LogP contribution in [0.3, 0.4) is 0 Å². The molecule has 0 spiro atoms. The van der Waals surface area contributed by atoms with Crippen LogP contribution in [0.15, 0.2) is 41.5 Å². The molecule has 1 aromatic carbocycles. The van der Waals surface area contributed by atoms with Crippen molar-refractivity contribution in [2.24, 2.45) is 12.0 Å². The molecule has 0 radical (unpaired) electrons. The summed E-state index contributed by atoms with van der Waals surface area (Å²) in [7, 11) is 3.67. The number of anilines is 1. The Morgan fingerprint density at radius 3 is 2.50 bits per heavy atom. The van der Waals surface area contributed by atoms with Crippen molar-refractivity contribution >= 4 is 41.5 Å². The molecule has 1 aliphatic rings. The number of guanidine groups is 1. The van der Waals surface area contributed by atoms with Crippen LogP contribution in [-0.2, 0) is 24.9 Å². The van der Waals surface area contributed by atoms with Crippen LogP contribution in [0, 0.1) is 0 Å². The van der Waals surface area contributed by atoms with Crippen LogP contribution in [0.4, 0.5) is 5.69 Å². The molecule has 1 aliphatic heterocycles. The summed E-state index contributed by atoms with van der Waals surface area (Å²) in [5.41, 5.74) is 3.20. The Morgan fingerprint density at radius 2 is 1.92 bits per heavy atom. The molecule has 26 heavy (non-hydrogen) atoms. The van der Waals surface area contributed by atoms with Crippen molar-refractivity contribution < 1.29 is 4.79 Å². The minimum absolute atomic E-state index is 0. The molecule has 7 nitrogen and oxygen atoms in total. The molecule has 0 aliphatic carbocycles. The SMILES string of the molecule is CN=C(NCc1ccc(N2CCCC2=O)cc1)NCc1ccnn1C.I. The monoisotopic (exact) mass is 468 g/mol. The number of aryl methyl sites for hydroxylation is 1. The Bertz CT molecular complexity index is 755. The predicted octanol–water partition coefficient (Wildman–Crippen LogP) is 2.03. The molecule has 140 valence electrons. The van der Waals surface area contributed by atoms with Gasteiger partial charge in [-0.1, -0.05) is 12.1 Å². The van der Waals surface area contributed by atoms with Gasteiger partial charge in [-0.3, -0.25) is 14.5 Å². The van der Waals surface area contributed by atoms with E-state index in [0.717, 1.165) is 35.9 Å². The van der Waals surface area contributed by atoms with Crippen LogP contribution in [-0.4, -0.2) is 35.2 Å². The molecule has 1 aromatic heterocycles. The number of rotatable bonds is 5. The first-order valence-electron chi connectivity index (χ1n) is 8.48. The summed E-state index contributed by atoms with van der Waals surface area (Å²) in [4.78, 5) is 17.9. The first kappa shape index (κ1) is 20.2. The normalized spacial score (nSPS) is 14.3. The van der Waals surface area contributed by atoms with E-state index >= 15 is 0 Å². The van der Waals surface area contributed by atoms with Gasteiger partial charge in [0.05, 0.1) is 12.2 Å². The second kappa shape index (κ2) is 9.56. The fourth-order valence-corrected chi connectivity index (χ4v) is 2.87.